The molecule has 344 valence electrons. The van der Waals surface area contributed by atoms with Gasteiger partial charge in [-0.25, -0.2) is 4.57 Å². The Morgan fingerprint density at radius 3 is 2.22 bits per heavy atom. The van der Waals surface area contributed by atoms with Gasteiger partial charge in [0.05, 0.1) is 40.0 Å². The molecular formula is C46H79NO12P+. The Kier molecular flexibility index (Phi) is 25.7. The first-order valence-corrected chi connectivity index (χ1v) is 24.0. The zero-order chi connectivity index (χ0) is 44.6. The summed E-state index contributed by atoms with van der Waals surface area (Å²) in [6.45, 7) is 8.13. The highest BCUT2D eigenvalue weighted by molar-refractivity contribution is 7.47. The van der Waals surface area contributed by atoms with Gasteiger partial charge in [-0.2, -0.15) is 0 Å². The van der Waals surface area contributed by atoms with Crippen molar-refractivity contribution in [2.45, 2.75) is 168 Å². The molecule has 0 bridgehead atoms. The van der Waals surface area contributed by atoms with Crippen LogP contribution in [0.5, 0.6) is 0 Å². The second kappa shape index (κ2) is 28.9. The van der Waals surface area contributed by atoms with Crippen molar-refractivity contribution < 1.29 is 61.5 Å². The predicted octanol–water partition coefficient (Wildman–Crippen LogP) is 8.60. The maximum atomic E-state index is 12.8. The smallest absolute Gasteiger partial charge is 0.466 e. The Hall–Kier alpha value is -2.64. The van der Waals surface area contributed by atoms with Gasteiger partial charge in [-0.3, -0.25) is 23.4 Å². The van der Waals surface area contributed by atoms with Crippen LogP contribution >= 0.6 is 7.82 Å². The van der Waals surface area contributed by atoms with Crippen molar-refractivity contribution in [1.82, 2.24) is 0 Å². The number of rotatable bonds is 33. The Labute approximate surface area is 360 Å². The van der Waals surface area contributed by atoms with Crippen LogP contribution < -0.4 is 0 Å². The van der Waals surface area contributed by atoms with Crippen molar-refractivity contribution in [3.63, 3.8) is 0 Å². The molecule has 0 amide bonds. The molecule has 1 aromatic rings. The number of furan rings is 1. The molecule has 14 heteroatoms. The van der Waals surface area contributed by atoms with E-state index in [0.29, 0.717) is 43.1 Å². The lowest BCUT2D eigenvalue weighted by Crippen LogP contribution is -2.37. The van der Waals surface area contributed by atoms with E-state index in [1.165, 1.54) is 11.1 Å². The molecule has 60 heavy (non-hydrogen) atoms. The summed E-state index contributed by atoms with van der Waals surface area (Å²) in [6.07, 6.45) is 18.9. The minimum absolute atomic E-state index is 0.00963. The summed E-state index contributed by atoms with van der Waals surface area (Å²) >= 11 is 0. The number of nitrogens with zero attached hydrogens (tertiary/aromatic N) is 1. The van der Waals surface area contributed by atoms with E-state index in [2.05, 4.69) is 27.7 Å². The van der Waals surface area contributed by atoms with E-state index < -0.39 is 44.7 Å². The fourth-order valence-corrected chi connectivity index (χ4v) is 7.90. The number of Topliss-reactive ketones (excluding diaryl/α,β-unsaturated/α-hetero) is 1. The number of hydrogen-bond acceptors (Lipinski definition) is 11. The van der Waals surface area contributed by atoms with Crippen molar-refractivity contribution >= 4 is 25.5 Å². The molecule has 1 aromatic heterocycles. The lowest BCUT2D eigenvalue weighted by atomic mass is 9.90. The van der Waals surface area contributed by atoms with Gasteiger partial charge in [0.25, 0.3) is 0 Å². The summed E-state index contributed by atoms with van der Waals surface area (Å²) in [6, 6.07) is 0. The molecule has 0 saturated heterocycles. The van der Waals surface area contributed by atoms with Crippen molar-refractivity contribution in [3.8, 4) is 0 Å². The molecule has 0 spiro atoms. The number of likely N-dealkylation sites (N-methyl/N-ethyl adjacent to an activating group) is 1. The molecule has 1 aliphatic carbocycles. The van der Waals surface area contributed by atoms with Gasteiger partial charge in [-0.1, -0.05) is 83.1 Å². The lowest BCUT2D eigenvalue weighted by Gasteiger charge is -2.24. The molecule has 3 N–H and O–H groups in total. The van der Waals surface area contributed by atoms with Gasteiger partial charge in [-0.15, -0.1) is 0 Å². The number of carbonyl (C=O) groups excluding carboxylic acids is 3. The first-order valence-electron chi connectivity index (χ1n) is 22.5. The standard InChI is InChI=1S/C46H78NO12P/c1-8-10-17-23-37(48)28-29-40-39(41(49)32-42(40)50)24-18-15-16-21-27-46(52)58-38(34-57-60(53,54)56-31-30-47(5,6)7)33-55-45(51)26-20-14-12-11-13-19-25-44-36(4)35(3)43(59-44)22-9-2/h15,18,28-29,37-40,42,48,50H,8-14,16-17,19-27,30-34H2,1-7H3/p+1/b18-15-,29-28+/t37-,38+,39+,40+,42+/m0/s1. The first kappa shape index (κ1) is 53.5. The number of aliphatic hydroxyl groups is 2. The predicted molar refractivity (Wildman–Crippen MR) is 233 cm³/mol. The number of phosphoric ester groups is 1. The third-order valence-electron chi connectivity index (χ3n) is 11.0. The fourth-order valence-electron chi connectivity index (χ4n) is 7.16. The van der Waals surface area contributed by atoms with E-state index in [1.807, 2.05) is 33.3 Å². The van der Waals surface area contributed by atoms with Crippen LogP contribution in [-0.4, -0.2) is 103 Å². The molecule has 1 unspecified atom stereocenters. The van der Waals surface area contributed by atoms with Gasteiger partial charge in [0.15, 0.2) is 6.10 Å². The highest BCUT2D eigenvalue weighted by Crippen LogP contribution is 2.43. The summed E-state index contributed by atoms with van der Waals surface area (Å²) in [5.41, 5.74) is 2.54. The second-order valence-electron chi connectivity index (χ2n) is 17.4. The zero-order valence-electron chi connectivity index (χ0n) is 37.9. The van der Waals surface area contributed by atoms with Crippen LogP contribution in [0.3, 0.4) is 0 Å². The zero-order valence-corrected chi connectivity index (χ0v) is 38.8. The van der Waals surface area contributed by atoms with Crippen molar-refractivity contribution in [2.75, 3.05) is 47.5 Å². The molecule has 6 atom stereocenters. The van der Waals surface area contributed by atoms with Crippen LogP contribution in [0.25, 0.3) is 0 Å². The highest BCUT2D eigenvalue weighted by atomic mass is 31.2. The van der Waals surface area contributed by atoms with Gasteiger partial charge in [0.2, 0.25) is 0 Å². The van der Waals surface area contributed by atoms with E-state index in [9.17, 15) is 34.1 Å². The van der Waals surface area contributed by atoms with Gasteiger partial charge in [-0.05, 0) is 69.9 Å². The average molecular weight is 869 g/mol. The average Bonchev–Trinajstić information content (AvgIpc) is 3.60. The van der Waals surface area contributed by atoms with Crippen LogP contribution in [0, 0.1) is 25.7 Å². The van der Waals surface area contributed by atoms with Crippen LogP contribution in [0.4, 0.5) is 0 Å². The molecule has 0 aliphatic heterocycles. The van der Waals surface area contributed by atoms with E-state index >= 15 is 0 Å². The van der Waals surface area contributed by atoms with Crippen LogP contribution in [-0.2, 0) is 50.3 Å². The third kappa shape index (κ3) is 22.5. The minimum atomic E-state index is -4.47. The van der Waals surface area contributed by atoms with Crippen molar-refractivity contribution in [3.05, 3.63) is 47.0 Å². The van der Waals surface area contributed by atoms with Crippen LogP contribution in [0.1, 0.15) is 146 Å². The number of allylic oxidation sites excluding steroid dienone is 2. The lowest BCUT2D eigenvalue weighted by molar-refractivity contribution is -0.870. The molecule has 1 aliphatic rings. The monoisotopic (exact) mass is 869 g/mol. The summed E-state index contributed by atoms with van der Waals surface area (Å²) in [4.78, 5) is 48.3. The Morgan fingerprint density at radius 1 is 0.867 bits per heavy atom. The third-order valence-corrected chi connectivity index (χ3v) is 12.0. The van der Waals surface area contributed by atoms with E-state index in [1.54, 1.807) is 12.2 Å². The number of ether oxygens (including phenoxy) is 2. The topological polar surface area (TPSA) is 179 Å². The number of hydrogen-bond donors (Lipinski definition) is 3. The van der Waals surface area contributed by atoms with Gasteiger partial charge < -0.3 is 33.5 Å². The normalized spacial score (nSPS) is 19.3. The Bertz CT molecular complexity index is 1510. The summed E-state index contributed by atoms with van der Waals surface area (Å²) in [5.74, 6) is 0.430. The SMILES string of the molecule is CCCCC[C@H](O)/C=C/[C@H]1[C@H](O)CC(=O)[C@@H]1C/C=C\CCCC(=O)O[C@H](COC(=O)CCCCCCCCc1oc(CCC)c(C)c1C)COP(=O)(O)OCC[N+](C)(C)C. The molecule has 1 heterocycles. The van der Waals surface area contributed by atoms with Crippen LogP contribution in [0.15, 0.2) is 28.7 Å². The Balaban J connectivity index is 1.79. The molecule has 0 aromatic carbocycles. The number of unbranched alkanes of at least 4 members (excludes halogenated alkanes) is 8. The summed E-state index contributed by atoms with van der Waals surface area (Å²) in [5, 5.41) is 20.7. The summed E-state index contributed by atoms with van der Waals surface area (Å²) in [7, 11) is 1.28. The molecule has 13 nitrogen and oxygen atoms in total. The van der Waals surface area contributed by atoms with Crippen molar-refractivity contribution in [2.24, 2.45) is 11.8 Å². The number of aliphatic hydroxyl groups excluding tert-OH is 2. The quantitative estimate of drug-likeness (QED) is 0.0202. The van der Waals surface area contributed by atoms with E-state index in [0.717, 1.165) is 82.1 Å². The maximum absolute atomic E-state index is 12.8. The minimum Gasteiger partial charge on any atom is -0.466 e. The molecule has 0 radical (unpaired) electrons. The molecule has 2 rings (SSSR count). The number of carbonyl (C=O) groups is 3. The fraction of sp³-hybridized carbons (Fsp3) is 0.761. The molecular weight excluding hydrogens is 789 g/mol. The number of phosphoric acid groups is 1. The molecule has 1 fully saturated rings. The summed E-state index contributed by atoms with van der Waals surface area (Å²) < 4.78 is 40.4. The maximum Gasteiger partial charge on any atom is 0.472 e. The van der Waals surface area contributed by atoms with E-state index in [4.69, 9.17) is 22.9 Å². The molecule has 1 saturated carbocycles. The van der Waals surface area contributed by atoms with Gasteiger partial charge >= 0.3 is 19.8 Å². The Morgan fingerprint density at radius 2 is 1.53 bits per heavy atom. The van der Waals surface area contributed by atoms with Gasteiger partial charge in [0.1, 0.15) is 37.1 Å². The number of esters is 2. The van der Waals surface area contributed by atoms with Crippen molar-refractivity contribution in [1.29, 1.82) is 0 Å². The first-order chi connectivity index (χ1) is 28.5. The largest absolute Gasteiger partial charge is 0.472 e. The number of aryl methyl sites for hydroxylation is 2. The number of quaternary nitrogens is 1. The number of ketones is 1. The van der Waals surface area contributed by atoms with E-state index in [-0.39, 0.29) is 50.1 Å². The highest BCUT2D eigenvalue weighted by Gasteiger charge is 2.39. The van der Waals surface area contributed by atoms with Crippen LogP contribution in [0.2, 0.25) is 0 Å². The van der Waals surface area contributed by atoms with Gasteiger partial charge in [0, 0.05) is 43.9 Å². The second-order valence-corrected chi connectivity index (χ2v) is 18.9.